The van der Waals surface area contributed by atoms with Crippen LogP contribution in [0.1, 0.15) is 25.5 Å². The van der Waals surface area contributed by atoms with E-state index in [-0.39, 0.29) is 17.9 Å². The zero-order chi connectivity index (χ0) is 17.0. The molecule has 1 aromatic rings. The molecule has 1 heterocycles. The fraction of sp³-hybridized carbons (Fsp3) is 0.588. The molecule has 2 atom stereocenters. The second-order valence-electron chi connectivity index (χ2n) is 6.16. The standard InChI is InChI=1S/C17H25F2N3O/c1-12(11-20-3)17(23)22-8-6-21(7-9-22)13(2)15-5-4-14(18)10-16(15)19/h4-5,10,12-13,20H,6-9,11H2,1-3H3. The molecule has 0 radical (unpaired) electrons. The highest BCUT2D eigenvalue weighted by Gasteiger charge is 2.27. The molecular formula is C17H25F2N3O. The first kappa shape index (κ1) is 17.8. The average molecular weight is 325 g/mol. The van der Waals surface area contributed by atoms with E-state index in [4.69, 9.17) is 0 Å². The summed E-state index contributed by atoms with van der Waals surface area (Å²) in [6, 6.07) is 3.57. The van der Waals surface area contributed by atoms with Gasteiger partial charge in [0.25, 0.3) is 0 Å². The molecule has 0 aliphatic carbocycles. The van der Waals surface area contributed by atoms with E-state index in [2.05, 4.69) is 10.2 Å². The second kappa shape index (κ2) is 7.84. The normalized spacial score (nSPS) is 18.7. The fourth-order valence-electron chi connectivity index (χ4n) is 3.07. The van der Waals surface area contributed by atoms with Gasteiger partial charge in [0.1, 0.15) is 11.6 Å². The van der Waals surface area contributed by atoms with Crippen LogP contribution in [0.3, 0.4) is 0 Å². The summed E-state index contributed by atoms with van der Waals surface area (Å²) in [5.41, 5.74) is 0.495. The van der Waals surface area contributed by atoms with Gasteiger partial charge in [-0.3, -0.25) is 9.69 Å². The molecule has 1 N–H and O–H groups in total. The highest BCUT2D eigenvalue weighted by molar-refractivity contribution is 5.78. The van der Waals surface area contributed by atoms with Crippen LogP contribution in [0.4, 0.5) is 8.78 Å². The summed E-state index contributed by atoms with van der Waals surface area (Å²) in [7, 11) is 1.83. The van der Waals surface area contributed by atoms with E-state index in [9.17, 15) is 13.6 Å². The van der Waals surface area contributed by atoms with Crippen LogP contribution in [0, 0.1) is 17.6 Å². The monoisotopic (exact) mass is 325 g/mol. The lowest BCUT2D eigenvalue weighted by molar-refractivity contribution is -0.136. The number of benzene rings is 1. The van der Waals surface area contributed by atoms with Crippen molar-refractivity contribution in [3.8, 4) is 0 Å². The molecule has 23 heavy (non-hydrogen) atoms. The van der Waals surface area contributed by atoms with E-state index < -0.39 is 11.6 Å². The molecule has 128 valence electrons. The number of carbonyl (C=O) groups is 1. The molecule has 1 fully saturated rings. The Kier molecular flexibility index (Phi) is 6.07. The van der Waals surface area contributed by atoms with Gasteiger partial charge in [0.15, 0.2) is 0 Å². The Balaban J connectivity index is 1.94. The van der Waals surface area contributed by atoms with Crippen molar-refractivity contribution in [1.29, 1.82) is 0 Å². The Morgan fingerprint density at radius 2 is 1.87 bits per heavy atom. The summed E-state index contributed by atoms with van der Waals surface area (Å²) in [6.07, 6.45) is 0. The number of amides is 1. The highest BCUT2D eigenvalue weighted by Crippen LogP contribution is 2.25. The number of nitrogens with zero attached hydrogens (tertiary/aromatic N) is 2. The quantitative estimate of drug-likeness (QED) is 0.900. The van der Waals surface area contributed by atoms with Gasteiger partial charge >= 0.3 is 0 Å². The smallest absolute Gasteiger partial charge is 0.226 e. The van der Waals surface area contributed by atoms with Crippen molar-refractivity contribution in [3.05, 3.63) is 35.4 Å². The Morgan fingerprint density at radius 1 is 1.22 bits per heavy atom. The van der Waals surface area contributed by atoms with Gasteiger partial charge in [-0.05, 0) is 20.0 Å². The van der Waals surface area contributed by atoms with Crippen LogP contribution in [0.5, 0.6) is 0 Å². The van der Waals surface area contributed by atoms with Crippen LogP contribution < -0.4 is 5.32 Å². The summed E-state index contributed by atoms with van der Waals surface area (Å²) >= 11 is 0. The van der Waals surface area contributed by atoms with Crippen molar-refractivity contribution in [2.45, 2.75) is 19.9 Å². The molecule has 6 heteroatoms. The zero-order valence-corrected chi connectivity index (χ0v) is 14.0. The first-order chi connectivity index (χ1) is 10.9. The molecular weight excluding hydrogens is 300 g/mol. The third-order valence-corrected chi connectivity index (χ3v) is 4.52. The van der Waals surface area contributed by atoms with Crippen molar-refractivity contribution in [3.63, 3.8) is 0 Å². The van der Waals surface area contributed by atoms with E-state index in [1.165, 1.54) is 12.1 Å². The maximum atomic E-state index is 13.9. The molecule has 1 aromatic carbocycles. The number of nitrogens with one attached hydrogen (secondary N) is 1. The largest absolute Gasteiger partial charge is 0.340 e. The molecule has 0 aromatic heterocycles. The van der Waals surface area contributed by atoms with E-state index >= 15 is 0 Å². The molecule has 2 rings (SSSR count). The van der Waals surface area contributed by atoms with E-state index in [1.54, 1.807) is 0 Å². The van der Waals surface area contributed by atoms with Gasteiger partial charge < -0.3 is 10.2 Å². The molecule has 1 saturated heterocycles. The van der Waals surface area contributed by atoms with Gasteiger partial charge in [-0.15, -0.1) is 0 Å². The van der Waals surface area contributed by atoms with Gasteiger partial charge in [-0.2, -0.15) is 0 Å². The maximum Gasteiger partial charge on any atom is 0.226 e. The summed E-state index contributed by atoms with van der Waals surface area (Å²) in [4.78, 5) is 16.3. The Labute approximate surface area is 136 Å². The lowest BCUT2D eigenvalue weighted by Gasteiger charge is -2.39. The fourth-order valence-corrected chi connectivity index (χ4v) is 3.07. The van der Waals surface area contributed by atoms with E-state index in [1.807, 2.05) is 25.8 Å². The SMILES string of the molecule is CNCC(C)C(=O)N1CCN(C(C)c2ccc(F)cc2F)CC1. The predicted molar refractivity (Wildman–Crippen MR) is 86.0 cm³/mol. The lowest BCUT2D eigenvalue weighted by Crippen LogP contribution is -2.51. The minimum absolute atomic E-state index is 0.0430. The van der Waals surface area contributed by atoms with Gasteiger partial charge in [-0.25, -0.2) is 8.78 Å². The van der Waals surface area contributed by atoms with Crippen LogP contribution in [0.2, 0.25) is 0 Å². The van der Waals surface area contributed by atoms with Crippen molar-refractivity contribution in [2.24, 2.45) is 5.92 Å². The molecule has 1 amide bonds. The van der Waals surface area contributed by atoms with Crippen molar-refractivity contribution in [2.75, 3.05) is 39.8 Å². The van der Waals surface area contributed by atoms with Gasteiger partial charge in [-0.1, -0.05) is 13.0 Å². The first-order valence-electron chi connectivity index (χ1n) is 8.06. The van der Waals surface area contributed by atoms with Crippen LogP contribution >= 0.6 is 0 Å². The number of carbonyl (C=O) groups excluding carboxylic acids is 1. The third-order valence-electron chi connectivity index (χ3n) is 4.52. The van der Waals surface area contributed by atoms with Crippen molar-refractivity contribution >= 4 is 5.91 Å². The summed E-state index contributed by atoms with van der Waals surface area (Å²) < 4.78 is 26.9. The van der Waals surface area contributed by atoms with Crippen LogP contribution in [0.25, 0.3) is 0 Å². The Morgan fingerprint density at radius 3 is 2.43 bits per heavy atom. The lowest BCUT2D eigenvalue weighted by atomic mass is 10.0. The Hall–Kier alpha value is -1.53. The zero-order valence-electron chi connectivity index (χ0n) is 14.0. The van der Waals surface area contributed by atoms with E-state index in [0.29, 0.717) is 38.3 Å². The number of hydrogen-bond acceptors (Lipinski definition) is 3. The van der Waals surface area contributed by atoms with Crippen molar-refractivity contribution in [1.82, 2.24) is 15.1 Å². The van der Waals surface area contributed by atoms with Crippen LogP contribution in [-0.4, -0.2) is 55.5 Å². The summed E-state index contributed by atoms with van der Waals surface area (Å²) in [5.74, 6) is -0.968. The molecule has 2 unspecified atom stereocenters. The number of hydrogen-bond donors (Lipinski definition) is 1. The minimum atomic E-state index is -0.563. The molecule has 1 aliphatic heterocycles. The number of piperazine rings is 1. The number of rotatable bonds is 5. The third kappa shape index (κ3) is 4.26. The maximum absolute atomic E-state index is 13.9. The number of halogens is 2. The topological polar surface area (TPSA) is 35.6 Å². The molecule has 0 bridgehead atoms. The first-order valence-corrected chi connectivity index (χ1v) is 8.06. The highest BCUT2D eigenvalue weighted by atomic mass is 19.1. The van der Waals surface area contributed by atoms with Gasteiger partial charge in [0, 0.05) is 56.3 Å². The average Bonchev–Trinajstić information content (AvgIpc) is 2.54. The summed E-state index contributed by atoms with van der Waals surface area (Å²) in [6.45, 7) is 7.15. The summed E-state index contributed by atoms with van der Waals surface area (Å²) in [5, 5.41) is 3.02. The molecule has 0 saturated carbocycles. The van der Waals surface area contributed by atoms with Crippen LogP contribution in [0.15, 0.2) is 18.2 Å². The Bertz CT molecular complexity index is 545. The van der Waals surface area contributed by atoms with E-state index in [0.717, 1.165) is 6.07 Å². The minimum Gasteiger partial charge on any atom is -0.340 e. The van der Waals surface area contributed by atoms with Gasteiger partial charge in [0.05, 0.1) is 0 Å². The molecule has 4 nitrogen and oxygen atoms in total. The predicted octanol–water partition coefficient (Wildman–Crippen LogP) is 2.03. The van der Waals surface area contributed by atoms with Crippen LogP contribution in [-0.2, 0) is 4.79 Å². The van der Waals surface area contributed by atoms with Gasteiger partial charge in [0.2, 0.25) is 5.91 Å². The molecule has 0 spiro atoms. The van der Waals surface area contributed by atoms with Crippen molar-refractivity contribution < 1.29 is 13.6 Å². The molecule has 1 aliphatic rings. The second-order valence-corrected chi connectivity index (χ2v) is 6.16.